The zero-order valence-corrected chi connectivity index (χ0v) is 17.4. The maximum atomic E-state index is 13.6. The Balaban J connectivity index is 1.43. The second-order valence-corrected chi connectivity index (χ2v) is 8.25. The zero-order chi connectivity index (χ0) is 21.2. The summed E-state index contributed by atoms with van der Waals surface area (Å²) >= 11 is 0. The molecule has 2 aliphatic rings. The Hall–Kier alpha value is -2.81. The number of aliphatic hydroxyl groups excluding tert-OH is 1. The van der Waals surface area contributed by atoms with Crippen LogP contribution >= 0.6 is 0 Å². The van der Waals surface area contributed by atoms with Crippen LogP contribution in [0.3, 0.4) is 0 Å². The van der Waals surface area contributed by atoms with Crippen molar-refractivity contribution in [2.75, 3.05) is 32.8 Å². The minimum absolute atomic E-state index is 0.110. The quantitative estimate of drug-likeness (QED) is 0.691. The van der Waals surface area contributed by atoms with E-state index in [9.17, 15) is 9.90 Å². The number of likely N-dealkylation sites (tertiary alicyclic amines) is 1. The molecule has 4 heterocycles. The van der Waals surface area contributed by atoms with Gasteiger partial charge in [0.1, 0.15) is 0 Å². The third kappa shape index (κ3) is 4.19. The Morgan fingerprint density at radius 2 is 1.94 bits per heavy atom. The molecule has 5 rings (SSSR count). The van der Waals surface area contributed by atoms with Gasteiger partial charge in [0.2, 0.25) is 0 Å². The first-order valence-electron chi connectivity index (χ1n) is 10.9. The van der Waals surface area contributed by atoms with E-state index >= 15 is 0 Å². The van der Waals surface area contributed by atoms with Crippen molar-refractivity contribution in [3.8, 4) is 0 Å². The van der Waals surface area contributed by atoms with E-state index in [0.717, 1.165) is 38.0 Å². The molecule has 2 aliphatic heterocycles. The van der Waals surface area contributed by atoms with Crippen molar-refractivity contribution in [2.45, 2.75) is 31.1 Å². The Bertz CT molecular complexity index is 999. The largest absolute Gasteiger partial charge is 0.393 e. The van der Waals surface area contributed by atoms with Gasteiger partial charge in [0, 0.05) is 44.6 Å². The fourth-order valence-corrected chi connectivity index (χ4v) is 4.60. The number of morpholine rings is 1. The summed E-state index contributed by atoms with van der Waals surface area (Å²) in [5, 5.41) is 14.3. The van der Waals surface area contributed by atoms with E-state index in [1.807, 2.05) is 23.1 Å². The van der Waals surface area contributed by atoms with Crippen molar-refractivity contribution in [1.29, 1.82) is 0 Å². The van der Waals surface area contributed by atoms with E-state index in [2.05, 4.69) is 27.1 Å². The van der Waals surface area contributed by atoms with E-state index < -0.39 is 0 Å². The van der Waals surface area contributed by atoms with Gasteiger partial charge in [-0.05, 0) is 24.5 Å². The van der Waals surface area contributed by atoms with Gasteiger partial charge < -0.3 is 19.6 Å². The molecule has 1 amide bonds. The molecule has 0 radical (unpaired) electrons. The first-order chi connectivity index (χ1) is 15.2. The first-order valence-corrected chi connectivity index (χ1v) is 10.9. The summed E-state index contributed by atoms with van der Waals surface area (Å²) < 4.78 is 7.84. The average Bonchev–Trinajstić information content (AvgIpc) is 3.25. The summed E-state index contributed by atoms with van der Waals surface area (Å²) in [6.07, 6.45) is 4.68. The lowest BCUT2D eigenvalue weighted by atomic mass is 9.96. The molecule has 2 atom stereocenters. The number of benzene rings is 1. The Labute approximate surface area is 181 Å². The number of fused-ring (bicyclic) bond motifs is 1. The van der Waals surface area contributed by atoms with Gasteiger partial charge in [0.15, 0.2) is 11.3 Å². The number of aromatic nitrogens is 3. The highest BCUT2D eigenvalue weighted by atomic mass is 16.5. The molecule has 8 heteroatoms. The highest BCUT2D eigenvalue weighted by Crippen LogP contribution is 2.32. The number of rotatable bonds is 4. The van der Waals surface area contributed by atoms with Crippen LogP contribution in [0, 0.1) is 0 Å². The third-order valence-corrected chi connectivity index (χ3v) is 6.20. The van der Waals surface area contributed by atoms with E-state index in [-0.39, 0.29) is 24.2 Å². The van der Waals surface area contributed by atoms with Crippen LogP contribution in [-0.2, 0) is 4.74 Å². The van der Waals surface area contributed by atoms with Gasteiger partial charge in [-0.15, -0.1) is 0 Å². The molecule has 0 spiro atoms. The lowest BCUT2D eigenvalue weighted by Gasteiger charge is -2.43. The molecule has 0 unspecified atom stereocenters. The molecule has 0 bridgehead atoms. The van der Waals surface area contributed by atoms with Gasteiger partial charge in [0.05, 0.1) is 24.9 Å². The molecule has 0 saturated carbocycles. The van der Waals surface area contributed by atoms with Crippen molar-refractivity contribution in [2.24, 2.45) is 0 Å². The fraction of sp³-hybridized carbons (Fsp3) is 0.435. The molecule has 1 N–H and O–H groups in total. The average molecular weight is 422 g/mol. The number of aliphatic hydroxyl groups is 1. The van der Waals surface area contributed by atoms with Crippen LogP contribution in [0.25, 0.3) is 5.65 Å². The number of ether oxygens (including phenoxy) is 1. The Morgan fingerprint density at radius 3 is 2.71 bits per heavy atom. The smallest absolute Gasteiger partial charge is 0.275 e. The standard InChI is InChI=1S/C23H27N5O3/c29-18-7-11-26(12-8-18)16-20-22(17-5-2-1-3-6-17)27(13-14-31-20)23(30)19-15-21-24-9-4-10-28(21)25-19/h1-6,9-10,15,18,20,22,29H,7-8,11-14,16H2/t20-,22-/m0/s1. The molecule has 3 aromatic rings. The Morgan fingerprint density at radius 1 is 1.13 bits per heavy atom. The van der Waals surface area contributed by atoms with Crippen LogP contribution in [-0.4, -0.2) is 80.4 Å². The number of amides is 1. The number of hydrogen-bond acceptors (Lipinski definition) is 6. The minimum atomic E-state index is -0.213. The third-order valence-electron chi connectivity index (χ3n) is 6.20. The predicted octanol–water partition coefficient (Wildman–Crippen LogP) is 1.77. The van der Waals surface area contributed by atoms with Crippen molar-refractivity contribution < 1.29 is 14.6 Å². The molecular weight excluding hydrogens is 394 g/mol. The summed E-state index contributed by atoms with van der Waals surface area (Å²) in [5.74, 6) is -0.110. The zero-order valence-electron chi connectivity index (χ0n) is 17.4. The number of piperidine rings is 1. The lowest BCUT2D eigenvalue weighted by molar-refractivity contribution is -0.0771. The van der Waals surface area contributed by atoms with Gasteiger partial charge in [-0.2, -0.15) is 5.10 Å². The predicted molar refractivity (Wildman–Crippen MR) is 115 cm³/mol. The van der Waals surface area contributed by atoms with Crippen molar-refractivity contribution in [3.63, 3.8) is 0 Å². The summed E-state index contributed by atoms with van der Waals surface area (Å²) in [6.45, 7) is 3.41. The van der Waals surface area contributed by atoms with Gasteiger partial charge in [-0.3, -0.25) is 4.79 Å². The summed E-state index contributed by atoms with van der Waals surface area (Å²) in [4.78, 5) is 22.1. The van der Waals surface area contributed by atoms with E-state index in [4.69, 9.17) is 4.74 Å². The van der Waals surface area contributed by atoms with Crippen molar-refractivity contribution >= 4 is 11.6 Å². The highest BCUT2D eigenvalue weighted by Gasteiger charge is 2.38. The van der Waals surface area contributed by atoms with Gasteiger partial charge in [-0.25, -0.2) is 9.50 Å². The van der Waals surface area contributed by atoms with E-state index in [1.54, 1.807) is 29.0 Å². The van der Waals surface area contributed by atoms with Crippen LogP contribution < -0.4 is 0 Å². The van der Waals surface area contributed by atoms with Crippen LogP contribution in [0.2, 0.25) is 0 Å². The normalized spacial score (nSPS) is 23.3. The summed E-state index contributed by atoms with van der Waals surface area (Å²) in [7, 11) is 0. The fourth-order valence-electron chi connectivity index (χ4n) is 4.60. The Kier molecular flexibility index (Phi) is 5.67. The SMILES string of the molecule is O=C(c1cc2ncccn2n1)N1CCO[C@@H](CN2CCC(O)CC2)[C@@H]1c1ccccc1. The molecule has 8 nitrogen and oxygen atoms in total. The van der Waals surface area contributed by atoms with Gasteiger partial charge >= 0.3 is 0 Å². The lowest BCUT2D eigenvalue weighted by Crippen LogP contribution is -2.53. The van der Waals surface area contributed by atoms with Crippen LogP contribution in [0.4, 0.5) is 0 Å². The van der Waals surface area contributed by atoms with Gasteiger partial charge in [-0.1, -0.05) is 30.3 Å². The second kappa shape index (κ2) is 8.74. The summed E-state index contributed by atoms with van der Waals surface area (Å²) in [6, 6.07) is 13.4. The van der Waals surface area contributed by atoms with E-state index in [1.165, 1.54) is 0 Å². The summed E-state index contributed by atoms with van der Waals surface area (Å²) in [5.41, 5.74) is 2.10. The van der Waals surface area contributed by atoms with Crippen molar-refractivity contribution in [1.82, 2.24) is 24.4 Å². The van der Waals surface area contributed by atoms with Crippen LogP contribution in [0.15, 0.2) is 54.9 Å². The maximum absolute atomic E-state index is 13.6. The molecule has 1 aromatic carbocycles. The molecule has 2 saturated heterocycles. The van der Waals surface area contributed by atoms with E-state index in [0.29, 0.717) is 24.5 Å². The van der Waals surface area contributed by atoms with Crippen LogP contribution in [0.1, 0.15) is 34.9 Å². The van der Waals surface area contributed by atoms with Gasteiger partial charge in [0.25, 0.3) is 5.91 Å². The maximum Gasteiger partial charge on any atom is 0.275 e. The number of nitrogens with zero attached hydrogens (tertiary/aromatic N) is 5. The monoisotopic (exact) mass is 421 g/mol. The van der Waals surface area contributed by atoms with Crippen LogP contribution in [0.5, 0.6) is 0 Å². The molecule has 31 heavy (non-hydrogen) atoms. The first kappa shape index (κ1) is 20.1. The number of carbonyl (C=O) groups is 1. The molecule has 0 aliphatic carbocycles. The topological polar surface area (TPSA) is 83.2 Å². The minimum Gasteiger partial charge on any atom is -0.393 e. The molecule has 2 fully saturated rings. The van der Waals surface area contributed by atoms with Crippen molar-refractivity contribution in [3.05, 3.63) is 66.1 Å². The second-order valence-electron chi connectivity index (χ2n) is 8.25. The number of carbonyl (C=O) groups excluding carboxylic acids is 1. The molecule has 2 aromatic heterocycles. The molecular formula is C23H27N5O3. The number of hydrogen-bond donors (Lipinski definition) is 1. The molecule has 162 valence electrons. The highest BCUT2D eigenvalue weighted by molar-refractivity contribution is 5.93.